The van der Waals surface area contributed by atoms with Gasteiger partial charge in [-0.25, -0.2) is 14.8 Å². The van der Waals surface area contributed by atoms with Gasteiger partial charge in [0.05, 0.1) is 62.7 Å². The highest BCUT2D eigenvalue weighted by Crippen LogP contribution is 2.42. The number of hydrogen-bond donors (Lipinski definition) is 5. The number of carboxylic acid groups (broad SMARTS) is 1. The van der Waals surface area contributed by atoms with Gasteiger partial charge in [-0.2, -0.15) is 39.5 Å². The summed E-state index contributed by atoms with van der Waals surface area (Å²) in [5, 5.41) is 14.2. The van der Waals surface area contributed by atoms with Gasteiger partial charge in [-0.1, -0.05) is 115 Å². The van der Waals surface area contributed by atoms with Crippen LogP contribution in [-0.2, 0) is 31.6 Å². The number of pyridine rings is 5. The molecule has 2 amide bonds. The lowest BCUT2D eigenvalue weighted by Gasteiger charge is -2.15. The predicted molar refractivity (Wildman–Crippen MR) is 307 cm³/mol. The van der Waals surface area contributed by atoms with Gasteiger partial charge in [0.1, 0.15) is 17.1 Å². The van der Waals surface area contributed by atoms with Gasteiger partial charge in [0, 0.05) is 40.3 Å². The van der Waals surface area contributed by atoms with Crippen molar-refractivity contribution in [2.24, 2.45) is 0 Å². The van der Waals surface area contributed by atoms with Gasteiger partial charge in [-0.05, 0) is 106 Å². The number of anilines is 1. The molecule has 0 aliphatic carbocycles. The molecule has 0 saturated heterocycles. The zero-order valence-corrected chi connectivity index (χ0v) is 44.9. The van der Waals surface area contributed by atoms with Crippen LogP contribution in [0.4, 0.5) is 45.2 Å². The third-order valence-electron chi connectivity index (χ3n) is 13.0. The fraction of sp³-hybridized carbons (Fsp3) is 0.0794. The van der Waals surface area contributed by atoms with Crippen LogP contribution in [0.25, 0.3) is 66.1 Å². The third kappa shape index (κ3) is 14.1. The monoisotopic (exact) mass is 1200 g/mol. The first-order valence-corrected chi connectivity index (χ1v) is 25.9. The minimum atomic E-state index is -4.75. The van der Waals surface area contributed by atoms with E-state index in [-0.39, 0.29) is 67.9 Å². The van der Waals surface area contributed by atoms with Crippen molar-refractivity contribution in [3.63, 3.8) is 0 Å². The number of benzene rings is 6. The second kappa shape index (κ2) is 25.2. The zero-order valence-electron chi connectivity index (χ0n) is 44.1. The number of nitrogens with one attached hydrogen (secondary N) is 3. The smallest absolute Gasteiger partial charge is 0.418 e. The van der Waals surface area contributed by atoms with E-state index >= 15 is 0 Å². The number of hydrogen-bond acceptors (Lipinski definition) is 9. The molecule has 0 spiro atoms. The Labute approximate surface area is 486 Å². The number of aromatic nitrogens is 5. The fourth-order valence-corrected chi connectivity index (χ4v) is 9.16. The summed E-state index contributed by atoms with van der Waals surface area (Å²) in [6.07, 6.45) is -10.9. The van der Waals surface area contributed by atoms with Gasteiger partial charge in [-0.3, -0.25) is 24.4 Å². The Morgan fingerprint density at radius 3 is 1.30 bits per heavy atom. The van der Waals surface area contributed by atoms with E-state index in [4.69, 9.17) is 22.4 Å². The molecular weight excluding hydrogens is 1160 g/mol. The SMILES string of the molecule is Nc1cc(C(=O)NCc2ccccn2)nc2c(C(F)(F)F)cc(-c3ccccc3)cc12.O=C(NCc1ccccn1)c1cc(Cl)c2cc(-c3ccccc3)cc(C(F)(F)F)c2n1.O=C(O)c1cc(=O)c2cc(-c3ccccc3)cc(C(F)(F)F)c2[nH]1. The number of aromatic amines is 1. The van der Waals surface area contributed by atoms with Crippen molar-refractivity contribution in [2.75, 3.05) is 5.73 Å². The molecule has 5 heterocycles. The highest BCUT2D eigenvalue weighted by atomic mass is 35.5. The van der Waals surface area contributed by atoms with E-state index < -0.39 is 69.6 Å². The summed E-state index contributed by atoms with van der Waals surface area (Å²) in [6, 6.07) is 46.8. The predicted octanol–water partition coefficient (Wildman–Crippen LogP) is 14.6. The van der Waals surface area contributed by atoms with Crippen molar-refractivity contribution in [2.45, 2.75) is 31.6 Å². The first-order chi connectivity index (χ1) is 40.9. The summed E-state index contributed by atoms with van der Waals surface area (Å²) in [4.78, 5) is 66.6. The average Bonchev–Trinajstić information content (AvgIpc) is 1.39. The molecule has 434 valence electrons. The lowest BCUT2D eigenvalue weighted by molar-refractivity contribution is -0.137. The van der Waals surface area contributed by atoms with Crippen molar-refractivity contribution in [3.05, 3.63) is 255 Å². The Bertz CT molecular complexity index is 4170. The number of H-pyrrole nitrogens is 1. The molecule has 0 aliphatic heterocycles. The van der Waals surface area contributed by atoms with E-state index in [1.165, 1.54) is 18.2 Å². The number of halogens is 10. The number of nitrogens with two attached hydrogens (primary N) is 1. The largest absolute Gasteiger partial charge is 0.477 e. The average molecular weight is 1200 g/mol. The second-order valence-corrected chi connectivity index (χ2v) is 19.2. The third-order valence-corrected chi connectivity index (χ3v) is 13.3. The van der Waals surface area contributed by atoms with Gasteiger partial charge in [0.15, 0.2) is 5.43 Å². The van der Waals surface area contributed by atoms with E-state index in [1.807, 2.05) is 0 Å². The van der Waals surface area contributed by atoms with E-state index in [1.54, 1.807) is 152 Å². The van der Waals surface area contributed by atoms with Crippen LogP contribution in [0.5, 0.6) is 0 Å². The van der Waals surface area contributed by atoms with Crippen LogP contribution in [0.15, 0.2) is 199 Å². The van der Waals surface area contributed by atoms with E-state index in [9.17, 15) is 58.7 Å². The standard InChI is InChI=1S/C23H15ClF3N3O.C23H17F3N4O.C17H10F3NO3/c24-19-12-20(22(31)29-13-16-8-4-5-9-28-16)30-21-17(19)10-15(11-18(21)23(25,26)27)14-6-2-1-3-7-14;24-23(25,26)18-11-15(14-6-2-1-3-7-14)10-17-19(27)12-20(30-21(17)18)22(31)29-13-16-8-4-5-9-28-16;18-17(19,20)12-7-10(9-4-2-1-3-5-9)6-11-14(22)8-13(16(23)24)21-15(11)12/h1-12H,13H2,(H,29,31);1-12H,13H2,(H2,27,30)(H,29,31);1-8H,(H,21,22)(H,23,24). The first-order valence-electron chi connectivity index (χ1n) is 25.5. The molecule has 5 aromatic heterocycles. The summed E-state index contributed by atoms with van der Waals surface area (Å²) in [7, 11) is 0. The number of rotatable bonds is 10. The number of alkyl halides is 9. The van der Waals surface area contributed by atoms with Gasteiger partial charge in [-0.15, -0.1) is 0 Å². The Morgan fingerprint density at radius 1 is 0.488 bits per heavy atom. The number of carbonyl (C=O) groups excluding carboxylic acids is 2. The lowest BCUT2D eigenvalue weighted by atomic mass is 9.98. The Balaban J connectivity index is 0.000000156. The molecule has 0 unspecified atom stereocenters. The normalized spacial score (nSPS) is 11.5. The van der Waals surface area contributed by atoms with Crippen molar-refractivity contribution in [1.29, 1.82) is 0 Å². The molecule has 86 heavy (non-hydrogen) atoms. The summed E-state index contributed by atoms with van der Waals surface area (Å²) in [6.45, 7) is 0.217. The molecule has 6 aromatic carbocycles. The van der Waals surface area contributed by atoms with Crippen LogP contribution in [0, 0.1) is 0 Å². The van der Waals surface area contributed by atoms with Crippen LogP contribution in [0.1, 0.15) is 59.5 Å². The van der Waals surface area contributed by atoms with Gasteiger partial charge in [0.2, 0.25) is 0 Å². The van der Waals surface area contributed by atoms with E-state index in [2.05, 4.69) is 35.6 Å². The van der Waals surface area contributed by atoms with Crippen LogP contribution in [-0.4, -0.2) is 47.8 Å². The number of nitrogen functional groups attached to an aromatic ring is 1. The molecule has 0 saturated carbocycles. The minimum Gasteiger partial charge on any atom is -0.477 e. The quantitative estimate of drug-likeness (QED) is 0.0819. The maximum atomic E-state index is 13.9. The van der Waals surface area contributed by atoms with Crippen molar-refractivity contribution in [1.82, 2.24) is 35.6 Å². The molecule has 0 radical (unpaired) electrons. The summed E-state index contributed by atoms with van der Waals surface area (Å²) >= 11 is 6.31. The molecule has 0 bridgehead atoms. The Morgan fingerprint density at radius 2 is 0.884 bits per heavy atom. The molecule has 0 atom stereocenters. The van der Waals surface area contributed by atoms with Crippen LogP contribution in [0.2, 0.25) is 5.02 Å². The molecule has 11 aromatic rings. The first kappa shape index (κ1) is 60.1. The topological polar surface area (TPSA) is 206 Å². The molecular formula is C63H42ClF9N8O5. The van der Waals surface area contributed by atoms with E-state index in [0.717, 1.165) is 24.3 Å². The van der Waals surface area contributed by atoms with Gasteiger partial charge < -0.3 is 26.5 Å². The highest BCUT2D eigenvalue weighted by Gasteiger charge is 2.37. The van der Waals surface area contributed by atoms with Crippen LogP contribution >= 0.6 is 11.6 Å². The summed E-state index contributed by atoms with van der Waals surface area (Å²) in [5.74, 6) is -2.79. The van der Waals surface area contributed by atoms with Crippen LogP contribution < -0.4 is 21.8 Å². The molecule has 23 heteroatoms. The number of nitrogens with zero attached hydrogens (tertiary/aromatic N) is 4. The molecule has 11 rings (SSSR count). The Hall–Kier alpha value is -10.5. The fourth-order valence-electron chi connectivity index (χ4n) is 8.91. The van der Waals surface area contributed by atoms with Crippen molar-refractivity contribution in [3.8, 4) is 33.4 Å². The number of amides is 2. The highest BCUT2D eigenvalue weighted by molar-refractivity contribution is 6.36. The second-order valence-electron chi connectivity index (χ2n) is 18.8. The summed E-state index contributed by atoms with van der Waals surface area (Å²) < 4.78 is 123. The van der Waals surface area contributed by atoms with Crippen LogP contribution in [0.3, 0.4) is 0 Å². The molecule has 6 N–H and O–H groups in total. The molecule has 0 fully saturated rings. The van der Waals surface area contributed by atoms with Crippen molar-refractivity contribution < 1.29 is 59.0 Å². The lowest BCUT2D eigenvalue weighted by Crippen LogP contribution is -2.24. The number of fused-ring (bicyclic) bond motifs is 3. The zero-order chi connectivity index (χ0) is 61.5. The number of aromatic carboxylic acids is 1. The Kier molecular flexibility index (Phi) is 17.6. The van der Waals surface area contributed by atoms with E-state index in [0.29, 0.717) is 39.2 Å². The van der Waals surface area contributed by atoms with Gasteiger partial charge >= 0.3 is 24.5 Å². The number of carboxylic acids is 1. The maximum Gasteiger partial charge on any atom is 0.418 e. The maximum absolute atomic E-state index is 13.9. The van der Waals surface area contributed by atoms with Crippen molar-refractivity contribution >= 4 is 67.8 Å². The molecule has 0 aliphatic rings. The number of carbonyl (C=O) groups is 3. The molecule has 13 nitrogen and oxygen atoms in total. The van der Waals surface area contributed by atoms with Gasteiger partial charge in [0.25, 0.3) is 11.8 Å². The summed E-state index contributed by atoms with van der Waals surface area (Å²) in [5.41, 5.74) is 3.97. The minimum absolute atomic E-state index is 0.0104.